The van der Waals surface area contributed by atoms with Gasteiger partial charge in [-0.05, 0) is 0 Å². The van der Waals surface area contributed by atoms with Crippen LogP contribution in [0.4, 0.5) is 0 Å². The van der Waals surface area contributed by atoms with Crippen molar-refractivity contribution in [2.24, 2.45) is 10.8 Å². The number of hydrogen-bond acceptors (Lipinski definition) is 8. The third-order valence-corrected chi connectivity index (χ3v) is 6.89. The van der Waals surface area contributed by atoms with Crippen LogP contribution in [0, 0.1) is 10.8 Å². The van der Waals surface area contributed by atoms with Crippen molar-refractivity contribution >= 4 is 17.2 Å². The molecule has 0 radical (unpaired) electrons. The second-order valence-electron chi connectivity index (χ2n) is 8.75. The third kappa shape index (κ3) is 4.57. The molecule has 0 aromatic carbocycles. The molecule has 0 bridgehead atoms. The van der Waals surface area contributed by atoms with Crippen LogP contribution in [0.5, 0.6) is 0 Å². The molecule has 150 valence electrons. The summed E-state index contributed by atoms with van der Waals surface area (Å²) < 4.78 is 46.6. The molecule has 4 rings (SSSR count). The van der Waals surface area contributed by atoms with Gasteiger partial charge in [-0.15, -0.1) is 0 Å². The molecule has 4 aliphatic rings. The second kappa shape index (κ2) is 7.75. The average Bonchev–Trinajstić information content (AvgIpc) is 3.15. The van der Waals surface area contributed by atoms with E-state index in [-0.39, 0.29) is 35.2 Å². The smallest absolute Gasteiger partial charge is 0.333 e. The summed E-state index contributed by atoms with van der Waals surface area (Å²) in [6, 6.07) is 0. The van der Waals surface area contributed by atoms with Crippen molar-refractivity contribution in [3.8, 4) is 0 Å². The van der Waals surface area contributed by atoms with Crippen LogP contribution in [-0.2, 0) is 36.6 Å². The van der Waals surface area contributed by atoms with E-state index < -0.39 is 17.2 Å². The molecule has 10 heteroatoms. The van der Waals surface area contributed by atoms with Crippen LogP contribution < -0.4 is 0 Å². The summed E-state index contributed by atoms with van der Waals surface area (Å²) in [6.07, 6.45) is -0.775. The first-order valence-electron chi connectivity index (χ1n) is 9.00. The van der Waals surface area contributed by atoms with E-state index in [2.05, 4.69) is 27.7 Å². The molecule has 26 heavy (non-hydrogen) atoms. The highest BCUT2D eigenvalue weighted by atomic mass is 31.2. The molecule has 4 heterocycles. The van der Waals surface area contributed by atoms with Crippen molar-refractivity contribution < 1.29 is 36.6 Å². The zero-order chi connectivity index (χ0) is 18.4. The van der Waals surface area contributed by atoms with Crippen molar-refractivity contribution in [2.45, 2.75) is 52.1 Å². The fourth-order valence-corrected chi connectivity index (χ4v) is 6.04. The maximum absolute atomic E-state index is 5.98. The molecule has 4 aliphatic heterocycles. The molecule has 0 spiro atoms. The summed E-state index contributed by atoms with van der Waals surface area (Å²) in [5.74, 6) is 0. The van der Waals surface area contributed by atoms with E-state index in [1.54, 1.807) is 0 Å². The van der Waals surface area contributed by atoms with Crippen molar-refractivity contribution in [3.05, 3.63) is 0 Å². The van der Waals surface area contributed by atoms with Crippen molar-refractivity contribution in [3.63, 3.8) is 0 Å². The van der Waals surface area contributed by atoms with E-state index >= 15 is 0 Å². The van der Waals surface area contributed by atoms with E-state index in [1.807, 2.05) is 0 Å². The molecule has 4 fully saturated rings. The molecule has 4 saturated heterocycles. The van der Waals surface area contributed by atoms with Gasteiger partial charge >= 0.3 is 17.2 Å². The molecule has 0 aliphatic carbocycles. The summed E-state index contributed by atoms with van der Waals surface area (Å²) in [5.41, 5.74) is 0.0485. The Bertz CT molecular complexity index is 441. The van der Waals surface area contributed by atoms with Gasteiger partial charge in [-0.25, -0.2) is 0 Å². The number of fused-ring (bicyclic) bond motifs is 1. The molecule has 0 saturated carbocycles. The van der Waals surface area contributed by atoms with Gasteiger partial charge in [0.2, 0.25) is 0 Å². The third-order valence-electron chi connectivity index (χ3n) is 4.65. The zero-order valence-electron chi connectivity index (χ0n) is 15.7. The van der Waals surface area contributed by atoms with Crippen LogP contribution in [0.15, 0.2) is 0 Å². The van der Waals surface area contributed by atoms with Crippen LogP contribution in [0.3, 0.4) is 0 Å². The normalized spacial score (nSPS) is 40.6. The molecule has 0 N–H and O–H groups in total. The standard InChI is InChI=1S/C16H28O8P2/c1-15(2)7-19-25(20-8-15)23-11-5-17-14-12(6-18-13(11)14)24-26-21-9-16(3,4)10-22-26/h11-14H,5-10H2,1-4H3/t11-,12+,13-,14-/m1/s1. The Morgan fingerprint density at radius 1 is 0.654 bits per heavy atom. The predicted octanol–water partition coefficient (Wildman–Crippen LogP) is 3.15. The summed E-state index contributed by atoms with van der Waals surface area (Å²) in [4.78, 5) is 0. The number of ether oxygens (including phenoxy) is 2. The van der Waals surface area contributed by atoms with E-state index in [4.69, 9.17) is 36.6 Å². The molecule has 0 aromatic rings. The molecule has 0 aromatic heterocycles. The summed E-state index contributed by atoms with van der Waals surface area (Å²) in [7, 11) is -2.70. The minimum absolute atomic E-state index is 0.0242. The lowest BCUT2D eigenvalue weighted by molar-refractivity contribution is -0.0263. The van der Waals surface area contributed by atoms with Gasteiger partial charge in [0.15, 0.2) is 0 Å². The van der Waals surface area contributed by atoms with Crippen molar-refractivity contribution in [1.82, 2.24) is 0 Å². The molecule has 8 nitrogen and oxygen atoms in total. The highest BCUT2D eigenvalue weighted by Gasteiger charge is 2.51. The Kier molecular flexibility index (Phi) is 5.92. The Morgan fingerprint density at radius 2 is 1.00 bits per heavy atom. The predicted molar refractivity (Wildman–Crippen MR) is 94.4 cm³/mol. The monoisotopic (exact) mass is 410 g/mol. The van der Waals surface area contributed by atoms with Gasteiger partial charge in [-0.2, -0.15) is 0 Å². The first kappa shape index (κ1) is 19.8. The van der Waals surface area contributed by atoms with E-state index in [0.717, 1.165) is 0 Å². The summed E-state index contributed by atoms with van der Waals surface area (Å²) in [6.45, 7) is 11.8. The van der Waals surface area contributed by atoms with Gasteiger partial charge in [0.05, 0.1) is 39.6 Å². The van der Waals surface area contributed by atoms with Gasteiger partial charge < -0.3 is 36.6 Å². The lowest BCUT2D eigenvalue weighted by Crippen LogP contribution is -2.35. The lowest BCUT2D eigenvalue weighted by Gasteiger charge is -2.34. The minimum Gasteiger partial charge on any atom is -0.370 e. The summed E-state index contributed by atoms with van der Waals surface area (Å²) in [5, 5.41) is 0. The number of rotatable bonds is 4. The maximum Gasteiger partial charge on any atom is 0.333 e. The van der Waals surface area contributed by atoms with E-state index in [9.17, 15) is 0 Å². The topological polar surface area (TPSA) is 73.8 Å². The lowest BCUT2D eigenvalue weighted by atomic mass is 9.97. The van der Waals surface area contributed by atoms with Crippen LogP contribution in [0.2, 0.25) is 0 Å². The number of hydrogen-bond donors (Lipinski definition) is 0. The van der Waals surface area contributed by atoms with Gasteiger partial charge in [0, 0.05) is 10.8 Å². The fraction of sp³-hybridized carbons (Fsp3) is 1.00. The zero-order valence-corrected chi connectivity index (χ0v) is 17.5. The highest BCUT2D eigenvalue weighted by Crippen LogP contribution is 2.52. The molecule has 0 amide bonds. The molecule has 0 unspecified atom stereocenters. The Hall–Kier alpha value is 0.540. The Morgan fingerprint density at radius 3 is 1.35 bits per heavy atom. The maximum atomic E-state index is 5.98. The van der Waals surface area contributed by atoms with E-state index in [0.29, 0.717) is 39.6 Å². The van der Waals surface area contributed by atoms with Gasteiger partial charge in [-0.3, -0.25) is 0 Å². The first-order chi connectivity index (χ1) is 12.3. The molecular formula is C16H28O8P2. The van der Waals surface area contributed by atoms with Gasteiger partial charge in [-0.1, -0.05) is 27.7 Å². The van der Waals surface area contributed by atoms with Gasteiger partial charge in [0.25, 0.3) is 0 Å². The van der Waals surface area contributed by atoms with Crippen molar-refractivity contribution in [2.75, 3.05) is 39.6 Å². The van der Waals surface area contributed by atoms with Crippen LogP contribution >= 0.6 is 17.2 Å². The van der Waals surface area contributed by atoms with Crippen LogP contribution in [0.1, 0.15) is 27.7 Å². The fourth-order valence-electron chi connectivity index (χ4n) is 3.02. The van der Waals surface area contributed by atoms with Crippen molar-refractivity contribution in [1.29, 1.82) is 0 Å². The van der Waals surface area contributed by atoms with Crippen LogP contribution in [-0.4, -0.2) is 64.1 Å². The SMILES string of the molecule is CC1(C)COP(O[C@H]2CO[C@H]3[C@@H]2OC[C@H]3OP2OCC(C)(C)CO2)OC1. The quantitative estimate of drug-likeness (QED) is 0.655. The van der Waals surface area contributed by atoms with Crippen LogP contribution in [0.25, 0.3) is 0 Å². The largest absolute Gasteiger partial charge is 0.370 e. The Labute approximate surface area is 157 Å². The highest BCUT2D eigenvalue weighted by molar-refractivity contribution is 7.42. The molecular weight excluding hydrogens is 382 g/mol. The summed E-state index contributed by atoms with van der Waals surface area (Å²) >= 11 is 0. The van der Waals surface area contributed by atoms with Gasteiger partial charge in [0.1, 0.15) is 24.4 Å². The van der Waals surface area contributed by atoms with E-state index in [1.165, 1.54) is 0 Å². The second-order valence-corrected chi connectivity index (χ2v) is 11.1. The first-order valence-corrected chi connectivity index (χ1v) is 11.2. The minimum atomic E-state index is -1.35. The average molecular weight is 410 g/mol. The molecule has 4 atom stereocenters. The Balaban J connectivity index is 1.25.